The molecular weight excluding hydrogens is 440 g/mol. The number of carboxylic acid groups (broad SMARTS) is 1. The Kier molecular flexibility index (Phi) is 9.37. The average molecular weight is 473 g/mol. The van der Waals surface area contributed by atoms with Gasteiger partial charge in [0.2, 0.25) is 0 Å². The summed E-state index contributed by atoms with van der Waals surface area (Å²) in [6, 6.07) is 14.1. The number of hydrogen-bond donors (Lipinski definition) is 3. The summed E-state index contributed by atoms with van der Waals surface area (Å²) in [6.45, 7) is 6.48. The first kappa shape index (κ1) is 26.3. The van der Waals surface area contributed by atoms with Crippen LogP contribution < -0.4 is 5.32 Å². The Morgan fingerprint density at radius 1 is 1.09 bits per heavy atom. The number of unbranched alkanes of at least 4 members (excludes halogenated alkanes) is 2. The molecule has 33 heavy (non-hydrogen) atoms. The molecule has 0 radical (unpaired) electrons. The van der Waals surface area contributed by atoms with Crippen LogP contribution in [0.4, 0.5) is 5.69 Å². The molecule has 0 aliphatic rings. The van der Waals surface area contributed by atoms with E-state index in [1.807, 2.05) is 57.2 Å². The summed E-state index contributed by atoms with van der Waals surface area (Å²) in [4.78, 5) is 15.0. The molecule has 0 aromatic heterocycles. The Morgan fingerprint density at radius 3 is 2.42 bits per heavy atom. The standard InChI is InChI=1S/C25H32N2O5S/c1-19-13-14-21(33(30,31)32)18-22(19)25(2,3)23(27-16-9-5-8-12-24(28)29)15-17-26-20-10-6-4-7-11-20/h4,6-7,10-11,13-15,17-18,27H,5,8-9,12,16H2,1-3H3,(H,28,29)(H,30,31,32). The predicted molar refractivity (Wildman–Crippen MR) is 131 cm³/mol. The Morgan fingerprint density at radius 2 is 1.79 bits per heavy atom. The van der Waals surface area contributed by atoms with Crippen LogP contribution in [0.25, 0.3) is 0 Å². The third-order valence-electron chi connectivity index (χ3n) is 5.46. The van der Waals surface area contributed by atoms with E-state index in [0.29, 0.717) is 13.0 Å². The SMILES string of the molecule is Cc1ccc(S(=O)(=O)O)cc1C(C)(C)C(=CC=Nc1ccccc1)NCCCCCC(=O)O. The largest absolute Gasteiger partial charge is 0.481 e. The van der Waals surface area contributed by atoms with Gasteiger partial charge < -0.3 is 10.4 Å². The maximum Gasteiger partial charge on any atom is 0.303 e. The van der Waals surface area contributed by atoms with Gasteiger partial charge in [-0.15, -0.1) is 0 Å². The zero-order valence-electron chi connectivity index (χ0n) is 19.3. The highest BCUT2D eigenvalue weighted by molar-refractivity contribution is 7.85. The van der Waals surface area contributed by atoms with E-state index in [4.69, 9.17) is 5.11 Å². The Labute approximate surface area is 196 Å². The summed E-state index contributed by atoms with van der Waals surface area (Å²) in [6.07, 6.45) is 5.91. The number of aliphatic imine (C=N–C) groups is 1. The van der Waals surface area contributed by atoms with E-state index in [2.05, 4.69) is 10.3 Å². The summed E-state index contributed by atoms with van der Waals surface area (Å²) >= 11 is 0. The smallest absolute Gasteiger partial charge is 0.303 e. The zero-order chi connectivity index (χ0) is 24.5. The Bertz CT molecular complexity index is 1110. The number of aliphatic carboxylic acids is 1. The number of allylic oxidation sites excluding steroid dienone is 2. The van der Waals surface area contributed by atoms with Crippen LogP contribution in [0.2, 0.25) is 0 Å². The number of carboxylic acids is 1. The molecule has 0 aliphatic carbocycles. The van der Waals surface area contributed by atoms with Gasteiger partial charge in [-0.2, -0.15) is 8.42 Å². The maximum absolute atomic E-state index is 11.7. The lowest BCUT2D eigenvalue weighted by Gasteiger charge is -2.31. The predicted octanol–water partition coefficient (Wildman–Crippen LogP) is 5.04. The van der Waals surface area contributed by atoms with Crippen molar-refractivity contribution in [2.24, 2.45) is 4.99 Å². The van der Waals surface area contributed by atoms with Gasteiger partial charge >= 0.3 is 5.97 Å². The number of para-hydroxylation sites is 1. The molecule has 0 saturated carbocycles. The van der Waals surface area contributed by atoms with Gasteiger partial charge in [-0.25, -0.2) is 0 Å². The molecule has 0 unspecified atom stereocenters. The number of rotatable bonds is 12. The molecule has 2 aromatic carbocycles. The summed E-state index contributed by atoms with van der Waals surface area (Å²) in [5, 5.41) is 12.2. The molecule has 178 valence electrons. The molecule has 0 saturated heterocycles. The molecule has 0 spiro atoms. The van der Waals surface area contributed by atoms with Crippen molar-refractivity contribution in [3.8, 4) is 0 Å². The topological polar surface area (TPSA) is 116 Å². The first-order chi connectivity index (χ1) is 15.5. The van der Waals surface area contributed by atoms with E-state index in [0.717, 1.165) is 35.4 Å². The van der Waals surface area contributed by atoms with Crippen LogP contribution in [0.3, 0.4) is 0 Å². The third-order valence-corrected chi connectivity index (χ3v) is 6.31. The van der Waals surface area contributed by atoms with Crippen LogP contribution in [0.1, 0.15) is 50.7 Å². The molecule has 7 nitrogen and oxygen atoms in total. The van der Waals surface area contributed by atoms with Crippen molar-refractivity contribution in [1.29, 1.82) is 0 Å². The number of nitrogens with zero attached hydrogens (tertiary/aromatic N) is 1. The van der Waals surface area contributed by atoms with E-state index >= 15 is 0 Å². The molecule has 0 heterocycles. The molecule has 0 atom stereocenters. The van der Waals surface area contributed by atoms with E-state index < -0.39 is 21.5 Å². The Balaban J connectivity index is 2.31. The van der Waals surface area contributed by atoms with Crippen molar-refractivity contribution < 1.29 is 22.9 Å². The number of benzene rings is 2. The van der Waals surface area contributed by atoms with Crippen LogP contribution in [-0.4, -0.2) is 36.8 Å². The maximum atomic E-state index is 11.7. The highest BCUT2D eigenvalue weighted by Crippen LogP contribution is 2.34. The van der Waals surface area contributed by atoms with Crippen molar-refractivity contribution >= 4 is 28.0 Å². The molecular formula is C25H32N2O5S. The van der Waals surface area contributed by atoms with Crippen molar-refractivity contribution in [1.82, 2.24) is 5.32 Å². The molecule has 0 amide bonds. The van der Waals surface area contributed by atoms with Gasteiger partial charge in [0.25, 0.3) is 10.1 Å². The zero-order valence-corrected chi connectivity index (χ0v) is 20.1. The molecule has 0 fully saturated rings. The minimum Gasteiger partial charge on any atom is -0.481 e. The fourth-order valence-corrected chi connectivity index (χ4v) is 4.09. The lowest BCUT2D eigenvalue weighted by Crippen LogP contribution is -2.32. The van der Waals surface area contributed by atoms with E-state index in [-0.39, 0.29) is 11.3 Å². The minimum absolute atomic E-state index is 0.151. The normalized spacial score (nSPS) is 12.8. The summed E-state index contributed by atoms with van der Waals surface area (Å²) < 4.78 is 32.9. The number of hydrogen-bond acceptors (Lipinski definition) is 5. The van der Waals surface area contributed by atoms with Gasteiger partial charge in [0, 0.05) is 30.3 Å². The van der Waals surface area contributed by atoms with E-state index in [1.54, 1.807) is 12.3 Å². The van der Waals surface area contributed by atoms with Gasteiger partial charge in [0.15, 0.2) is 0 Å². The molecule has 3 N–H and O–H groups in total. The minimum atomic E-state index is -4.33. The second-order valence-electron chi connectivity index (χ2n) is 8.40. The average Bonchev–Trinajstić information content (AvgIpc) is 2.74. The van der Waals surface area contributed by atoms with Crippen LogP contribution in [0, 0.1) is 6.92 Å². The van der Waals surface area contributed by atoms with Crippen molar-refractivity contribution in [2.45, 2.75) is 56.8 Å². The van der Waals surface area contributed by atoms with Gasteiger partial charge in [-0.1, -0.05) is 44.5 Å². The Hall–Kier alpha value is -2.97. The molecule has 8 heteroatoms. The molecule has 0 bridgehead atoms. The van der Waals surface area contributed by atoms with E-state index in [1.165, 1.54) is 12.1 Å². The highest BCUT2D eigenvalue weighted by atomic mass is 32.2. The van der Waals surface area contributed by atoms with Gasteiger partial charge in [0.1, 0.15) is 0 Å². The number of nitrogens with one attached hydrogen (secondary N) is 1. The first-order valence-electron chi connectivity index (χ1n) is 10.9. The van der Waals surface area contributed by atoms with E-state index in [9.17, 15) is 17.8 Å². The summed E-state index contributed by atoms with van der Waals surface area (Å²) in [7, 11) is -4.33. The monoisotopic (exact) mass is 472 g/mol. The van der Waals surface area contributed by atoms with Crippen molar-refractivity contribution in [3.63, 3.8) is 0 Å². The lowest BCUT2D eigenvalue weighted by atomic mass is 9.79. The van der Waals surface area contributed by atoms with Crippen molar-refractivity contribution in [2.75, 3.05) is 6.54 Å². The fraction of sp³-hybridized carbons (Fsp3) is 0.360. The molecule has 0 aliphatic heterocycles. The number of carbonyl (C=O) groups is 1. The summed E-state index contributed by atoms with van der Waals surface area (Å²) in [5.74, 6) is -0.795. The van der Waals surface area contributed by atoms with Crippen LogP contribution in [0.5, 0.6) is 0 Å². The van der Waals surface area contributed by atoms with Gasteiger partial charge in [-0.05, 0) is 61.2 Å². The second kappa shape index (κ2) is 11.8. The molecule has 2 aromatic rings. The number of aryl methyl sites for hydroxylation is 1. The van der Waals surface area contributed by atoms with Crippen LogP contribution >= 0.6 is 0 Å². The van der Waals surface area contributed by atoms with Crippen LogP contribution in [-0.2, 0) is 20.3 Å². The van der Waals surface area contributed by atoms with Crippen LogP contribution in [0.15, 0.2) is 70.2 Å². The first-order valence-corrected chi connectivity index (χ1v) is 12.3. The second-order valence-corrected chi connectivity index (χ2v) is 9.82. The van der Waals surface area contributed by atoms with Crippen molar-refractivity contribution in [3.05, 3.63) is 71.4 Å². The highest BCUT2D eigenvalue weighted by Gasteiger charge is 2.28. The van der Waals surface area contributed by atoms with Gasteiger partial charge in [0.05, 0.1) is 10.6 Å². The quantitative estimate of drug-likeness (QED) is 0.226. The molecule has 2 rings (SSSR count). The summed E-state index contributed by atoms with van der Waals surface area (Å²) in [5.41, 5.74) is 2.67. The fourth-order valence-electron chi connectivity index (χ4n) is 3.58. The van der Waals surface area contributed by atoms with Gasteiger partial charge in [-0.3, -0.25) is 14.3 Å². The lowest BCUT2D eigenvalue weighted by molar-refractivity contribution is -0.137. The third kappa shape index (κ3) is 8.14.